The van der Waals surface area contributed by atoms with Gasteiger partial charge in [0.05, 0.1) is 23.2 Å². The van der Waals surface area contributed by atoms with Gasteiger partial charge in [-0.05, 0) is 67.4 Å². The van der Waals surface area contributed by atoms with E-state index >= 15 is 0 Å². The highest BCUT2D eigenvalue weighted by molar-refractivity contribution is 6.68. The molecule has 1 atom stereocenters. The summed E-state index contributed by atoms with van der Waals surface area (Å²) in [7, 11) is 0. The van der Waals surface area contributed by atoms with Crippen LogP contribution in [-0.4, -0.2) is 44.7 Å². The molecule has 1 aliphatic rings. The Morgan fingerprint density at radius 3 is 2.53 bits per heavy atom. The smallest absolute Gasteiger partial charge is 0.255 e. The Morgan fingerprint density at radius 1 is 1.09 bits per heavy atom. The Bertz CT molecular complexity index is 1210. The molecule has 34 heavy (non-hydrogen) atoms. The van der Waals surface area contributed by atoms with Gasteiger partial charge in [-0.1, -0.05) is 29.8 Å². The third-order valence-electron chi connectivity index (χ3n) is 5.23. The van der Waals surface area contributed by atoms with Crippen LogP contribution in [0.4, 0.5) is 0 Å². The van der Waals surface area contributed by atoms with Crippen molar-refractivity contribution in [3.63, 3.8) is 0 Å². The maximum absolute atomic E-state index is 10.5. The number of fused-ring (bicyclic) bond motifs is 1. The van der Waals surface area contributed by atoms with Gasteiger partial charge in [0.1, 0.15) is 5.15 Å². The number of piperidine rings is 1. The summed E-state index contributed by atoms with van der Waals surface area (Å²) in [4.78, 5) is 18.6. The highest BCUT2D eigenvalue weighted by Crippen LogP contribution is 2.26. The van der Waals surface area contributed by atoms with Gasteiger partial charge in [0.15, 0.2) is 5.65 Å². The van der Waals surface area contributed by atoms with Gasteiger partial charge in [0, 0.05) is 24.9 Å². The van der Waals surface area contributed by atoms with Crippen LogP contribution in [0, 0.1) is 5.92 Å². The maximum atomic E-state index is 10.5. The number of aromatic nitrogens is 4. The zero-order valence-electron chi connectivity index (χ0n) is 18.2. The molecule has 1 N–H and O–H groups in total. The van der Waals surface area contributed by atoms with Crippen molar-refractivity contribution >= 4 is 51.9 Å². The minimum atomic E-state index is -0.585. The monoisotopic (exact) mass is 519 g/mol. The SMILES string of the molecule is Cl.O=C(Cl)c1cccnc1Cl.c1ccc(-n2nc(OC[C@H]3CCCNC3)c3cccnc32)cc1. The first-order valence-corrected chi connectivity index (χ1v) is 11.4. The van der Waals surface area contributed by atoms with Crippen LogP contribution in [0.15, 0.2) is 67.0 Å². The summed E-state index contributed by atoms with van der Waals surface area (Å²) in [5, 5.41) is 8.59. The summed E-state index contributed by atoms with van der Waals surface area (Å²) in [5.74, 6) is 1.22. The predicted molar refractivity (Wildman–Crippen MR) is 137 cm³/mol. The molecule has 0 unspecified atom stereocenters. The number of para-hydroxylation sites is 1. The normalized spacial score (nSPS) is 15.1. The fourth-order valence-electron chi connectivity index (χ4n) is 3.58. The number of rotatable bonds is 5. The Kier molecular flexibility index (Phi) is 9.65. The van der Waals surface area contributed by atoms with Crippen molar-refractivity contribution < 1.29 is 9.53 Å². The molecule has 0 spiro atoms. The number of benzene rings is 1. The van der Waals surface area contributed by atoms with Crippen molar-refractivity contribution in [2.75, 3.05) is 19.7 Å². The molecule has 3 aromatic heterocycles. The van der Waals surface area contributed by atoms with Gasteiger partial charge in [-0.25, -0.2) is 14.6 Å². The fourth-order valence-corrected chi connectivity index (χ4v) is 3.98. The van der Waals surface area contributed by atoms with E-state index in [1.54, 1.807) is 12.3 Å². The van der Waals surface area contributed by atoms with Crippen LogP contribution < -0.4 is 10.1 Å². The summed E-state index contributed by atoms with van der Waals surface area (Å²) in [6, 6.07) is 17.1. The second-order valence-corrected chi connectivity index (χ2v) is 8.27. The van der Waals surface area contributed by atoms with Crippen LogP contribution in [-0.2, 0) is 0 Å². The summed E-state index contributed by atoms with van der Waals surface area (Å²) in [6.07, 6.45) is 5.71. The van der Waals surface area contributed by atoms with Gasteiger partial charge in [-0.3, -0.25) is 4.79 Å². The molecule has 1 saturated heterocycles. The lowest BCUT2D eigenvalue weighted by atomic mass is 10.0. The number of ether oxygens (including phenoxy) is 1. The zero-order valence-corrected chi connectivity index (χ0v) is 20.6. The van der Waals surface area contributed by atoms with Crippen LogP contribution in [0.5, 0.6) is 5.88 Å². The number of pyridine rings is 2. The average molecular weight is 521 g/mol. The van der Waals surface area contributed by atoms with Crippen LogP contribution >= 0.6 is 35.6 Å². The number of nitrogens with zero attached hydrogens (tertiary/aromatic N) is 4. The third kappa shape index (κ3) is 6.45. The molecule has 4 aromatic rings. The minimum absolute atomic E-state index is 0. The van der Waals surface area contributed by atoms with E-state index in [2.05, 4.69) is 20.4 Å². The molecular formula is C24H24Cl3N5O2. The Balaban J connectivity index is 0.000000250. The van der Waals surface area contributed by atoms with Crippen LogP contribution in [0.3, 0.4) is 0 Å². The molecule has 0 aliphatic carbocycles. The molecule has 1 fully saturated rings. The molecule has 0 saturated carbocycles. The minimum Gasteiger partial charge on any atom is -0.476 e. The topological polar surface area (TPSA) is 81.9 Å². The van der Waals surface area contributed by atoms with Crippen molar-refractivity contribution in [2.45, 2.75) is 12.8 Å². The lowest BCUT2D eigenvalue weighted by Crippen LogP contribution is -2.33. The second kappa shape index (κ2) is 12.7. The Morgan fingerprint density at radius 2 is 1.85 bits per heavy atom. The van der Waals surface area contributed by atoms with Crippen molar-refractivity contribution in [1.82, 2.24) is 25.1 Å². The van der Waals surface area contributed by atoms with Crippen LogP contribution in [0.2, 0.25) is 5.15 Å². The summed E-state index contributed by atoms with van der Waals surface area (Å²) < 4.78 is 7.90. The zero-order chi connectivity index (χ0) is 23.0. The summed E-state index contributed by atoms with van der Waals surface area (Å²) >= 11 is 10.6. The molecule has 7 nitrogen and oxygen atoms in total. The van der Waals surface area contributed by atoms with Crippen molar-refractivity contribution in [1.29, 1.82) is 0 Å². The molecule has 178 valence electrons. The molecule has 5 rings (SSSR count). The first-order chi connectivity index (χ1) is 16.1. The Labute approximate surface area is 213 Å². The van der Waals surface area contributed by atoms with Crippen LogP contribution in [0.1, 0.15) is 23.2 Å². The lowest BCUT2D eigenvalue weighted by Gasteiger charge is -2.22. The maximum Gasteiger partial charge on any atom is 0.255 e. The molecule has 10 heteroatoms. The first kappa shape index (κ1) is 25.9. The first-order valence-electron chi connectivity index (χ1n) is 10.7. The molecular weight excluding hydrogens is 497 g/mol. The van der Waals surface area contributed by atoms with E-state index in [1.165, 1.54) is 25.1 Å². The highest BCUT2D eigenvalue weighted by atomic mass is 35.5. The second-order valence-electron chi connectivity index (χ2n) is 7.57. The van der Waals surface area contributed by atoms with Crippen molar-refractivity contribution in [2.24, 2.45) is 5.92 Å². The predicted octanol–water partition coefficient (Wildman–Crippen LogP) is 5.33. The number of nitrogens with one attached hydrogen (secondary N) is 1. The number of hydrogen-bond donors (Lipinski definition) is 1. The Hall–Kier alpha value is -2.71. The largest absolute Gasteiger partial charge is 0.476 e. The van der Waals surface area contributed by atoms with Gasteiger partial charge >= 0.3 is 0 Å². The van der Waals surface area contributed by atoms with Gasteiger partial charge in [0.25, 0.3) is 5.24 Å². The van der Waals surface area contributed by atoms with Crippen LogP contribution in [0.25, 0.3) is 16.7 Å². The quantitative estimate of drug-likeness (QED) is 0.283. The molecule has 1 aromatic carbocycles. The highest BCUT2D eigenvalue weighted by Gasteiger charge is 2.17. The van der Waals surface area contributed by atoms with E-state index in [-0.39, 0.29) is 23.1 Å². The van der Waals surface area contributed by atoms with E-state index in [0.717, 1.165) is 29.8 Å². The van der Waals surface area contributed by atoms with Gasteiger partial charge < -0.3 is 10.1 Å². The van der Waals surface area contributed by atoms with E-state index in [4.69, 9.17) is 27.9 Å². The van der Waals surface area contributed by atoms with E-state index in [9.17, 15) is 4.79 Å². The van der Waals surface area contributed by atoms with E-state index in [1.807, 2.05) is 47.1 Å². The van der Waals surface area contributed by atoms with Gasteiger partial charge in [-0.15, -0.1) is 17.5 Å². The summed E-state index contributed by atoms with van der Waals surface area (Å²) in [6.45, 7) is 2.84. The van der Waals surface area contributed by atoms with Gasteiger partial charge in [-0.2, -0.15) is 0 Å². The number of hydrogen-bond acceptors (Lipinski definition) is 6. The molecule has 4 heterocycles. The number of halogens is 3. The molecule has 0 radical (unpaired) electrons. The molecule has 0 bridgehead atoms. The number of carbonyl (C=O) groups excluding carboxylic acids is 1. The van der Waals surface area contributed by atoms with Gasteiger partial charge in [0.2, 0.25) is 5.88 Å². The van der Waals surface area contributed by atoms with E-state index in [0.29, 0.717) is 18.4 Å². The standard InChI is InChI=1S/C18H20N4O.C6H3Cl2NO.ClH/c1-2-7-15(8-3-1)22-17-16(9-5-11-20-17)18(21-22)23-13-14-6-4-10-19-12-14;7-5-4(6(8)10)2-1-3-9-5;/h1-3,5,7-9,11,14,19H,4,6,10,12-13H2;1-3H;1H/t14-;;/m0../s1. The third-order valence-corrected chi connectivity index (χ3v) is 5.74. The number of carbonyl (C=O) groups is 1. The summed E-state index contributed by atoms with van der Waals surface area (Å²) in [5.41, 5.74) is 2.06. The van der Waals surface area contributed by atoms with Crippen molar-refractivity contribution in [3.05, 3.63) is 77.7 Å². The molecule has 1 aliphatic heterocycles. The van der Waals surface area contributed by atoms with E-state index < -0.39 is 5.24 Å². The van der Waals surface area contributed by atoms with Crippen molar-refractivity contribution in [3.8, 4) is 11.6 Å². The average Bonchev–Trinajstić information content (AvgIpc) is 3.23. The molecule has 0 amide bonds. The fraction of sp³-hybridized carbons (Fsp3) is 0.250. The lowest BCUT2D eigenvalue weighted by molar-refractivity contribution is 0.108.